The minimum absolute atomic E-state index is 0.0311. The van der Waals surface area contributed by atoms with E-state index in [9.17, 15) is 14.7 Å². The molecule has 2 aromatic carbocycles. The predicted octanol–water partition coefficient (Wildman–Crippen LogP) is 3.65. The number of phenolic OH excluding ortho intramolecular Hbond substituents is 1. The van der Waals surface area contributed by atoms with E-state index in [4.69, 9.17) is 14.2 Å². The van der Waals surface area contributed by atoms with Crippen molar-refractivity contribution in [1.82, 2.24) is 0 Å². The van der Waals surface area contributed by atoms with Crippen molar-refractivity contribution in [2.45, 2.75) is 26.4 Å². The number of methoxy groups -OCH3 is 2. The Labute approximate surface area is 152 Å². The molecule has 138 valence electrons. The highest BCUT2D eigenvalue weighted by Crippen LogP contribution is 2.34. The highest BCUT2D eigenvalue weighted by Gasteiger charge is 2.22. The first-order valence-electron chi connectivity index (χ1n) is 8.13. The van der Waals surface area contributed by atoms with E-state index in [-0.39, 0.29) is 35.4 Å². The van der Waals surface area contributed by atoms with Crippen LogP contribution in [0.1, 0.15) is 41.0 Å². The predicted molar refractivity (Wildman–Crippen MR) is 96.7 cm³/mol. The minimum atomic E-state index is -0.533. The number of carbonyl (C=O) groups excluding carboxylic acids is 2. The van der Waals surface area contributed by atoms with Gasteiger partial charge in [-0.05, 0) is 38.1 Å². The molecule has 0 aliphatic heterocycles. The van der Waals surface area contributed by atoms with Crippen LogP contribution in [-0.4, -0.2) is 37.0 Å². The molecule has 0 atom stereocenters. The van der Waals surface area contributed by atoms with Gasteiger partial charge in [0.2, 0.25) is 0 Å². The molecule has 6 heteroatoms. The van der Waals surface area contributed by atoms with Gasteiger partial charge in [0.15, 0.2) is 11.6 Å². The lowest BCUT2D eigenvalue weighted by Gasteiger charge is -2.12. The number of ether oxygens (including phenoxy) is 3. The molecular formula is C20H22O6. The number of ketones is 2. The van der Waals surface area contributed by atoms with E-state index >= 15 is 0 Å². The molecule has 0 spiro atoms. The minimum Gasteiger partial charge on any atom is -0.507 e. The van der Waals surface area contributed by atoms with Crippen molar-refractivity contribution in [2.75, 3.05) is 14.2 Å². The van der Waals surface area contributed by atoms with Gasteiger partial charge in [0.1, 0.15) is 28.6 Å². The Morgan fingerprint density at radius 1 is 0.962 bits per heavy atom. The normalized spacial score (nSPS) is 10.5. The maximum Gasteiger partial charge on any atom is 0.178 e. The van der Waals surface area contributed by atoms with Crippen molar-refractivity contribution < 1.29 is 28.9 Å². The zero-order valence-corrected chi connectivity index (χ0v) is 15.2. The molecule has 0 saturated carbocycles. The van der Waals surface area contributed by atoms with Gasteiger partial charge in [0.25, 0.3) is 0 Å². The first kappa shape index (κ1) is 19.3. The Bertz CT molecular complexity index is 793. The summed E-state index contributed by atoms with van der Waals surface area (Å²) < 4.78 is 15.7. The Balaban J connectivity index is 2.18. The smallest absolute Gasteiger partial charge is 0.178 e. The quantitative estimate of drug-likeness (QED) is 0.573. The molecule has 26 heavy (non-hydrogen) atoms. The Hall–Kier alpha value is -3.02. The largest absolute Gasteiger partial charge is 0.507 e. The summed E-state index contributed by atoms with van der Waals surface area (Å²) in [5.41, 5.74) is 0.350. The molecule has 0 aliphatic carbocycles. The fourth-order valence-corrected chi connectivity index (χ4v) is 2.46. The summed E-state index contributed by atoms with van der Waals surface area (Å²) >= 11 is 0. The van der Waals surface area contributed by atoms with E-state index in [1.54, 1.807) is 24.3 Å². The third-order valence-corrected chi connectivity index (χ3v) is 3.66. The van der Waals surface area contributed by atoms with Crippen molar-refractivity contribution in [3.63, 3.8) is 0 Å². The standard InChI is InChI=1S/C20H22O6/c1-12(2)26-14-7-5-13(6-8-14)16(21)11-18(23)20-17(22)9-15(24-3)10-19(20)25-4/h5-10,12,22H,11H2,1-4H3. The van der Waals surface area contributed by atoms with Crippen LogP contribution in [0.5, 0.6) is 23.0 Å². The fourth-order valence-electron chi connectivity index (χ4n) is 2.46. The lowest BCUT2D eigenvalue weighted by atomic mass is 10.00. The second kappa shape index (κ2) is 8.38. The van der Waals surface area contributed by atoms with Gasteiger partial charge in [-0.15, -0.1) is 0 Å². The van der Waals surface area contributed by atoms with E-state index in [0.29, 0.717) is 17.1 Å². The molecule has 0 radical (unpaired) electrons. The number of carbonyl (C=O) groups is 2. The Morgan fingerprint density at radius 2 is 1.62 bits per heavy atom. The number of aromatic hydroxyl groups is 1. The van der Waals surface area contributed by atoms with Crippen LogP contribution in [0.4, 0.5) is 0 Å². The van der Waals surface area contributed by atoms with Crippen molar-refractivity contribution in [3.8, 4) is 23.0 Å². The topological polar surface area (TPSA) is 82.1 Å². The Kier molecular flexibility index (Phi) is 6.22. The second-order valence-electron chi connectivity index (χ2n) is 5.94. The van der Waals surface area contributed by atoms with E-state index in [0.717, 1.165) is 0 Å². The van der Waals surface area contributed by atoms with Crippen molar-refractivity contribution in [3.05, 3.63) is 47.5 Å². The summed E-state index contributed by atoms with van der Waals surface area (Å²) in [4.78, 5) is 24.9. The SMILES string of the molecule is COc1cc(O)c(C(=O)CC(=O)c2ccc(OC(C)C)cc2)c(OC)c1. The first-order valence-corrected chi connectivity index (χ1v) is 8.13. The molecule has 0 bridgehead atoms. The molecular weight excluding hydrogens is 336 g/mol. The fraction of sp³-hybridized carbons (Fsp3) is 0.300. The van der Waals surface area contributed by atoms with Gasteiger partial charge in [-0.25, -0.2) is 0 Å². The number of phenols is 1. The third kappa shape index (κ3) is 4.53. The summed E-state index contributed by atoms with van der Waals surface area (Å²) in [5, 5.41) is 10.1. The summed E-state index contributed by atoms with van der Waals surface area (Å²) in [6.07, 6.45) is -0.357. The lowest BCUT2D eigenvalue weighted by molar-refractivity contribution is 0.0891. The highest BCUT2D eigenvalue weighted by molar-refractivity contribution is 6.15. The number of benzene rings is 2. The van der Waals surface area contributed by atoms with Gasteiger partial charge in [-0.3, -0.25) is 9.59 Å². The van der Waals surface area contributed by atoms with Gasteiger partial charge < -0.3 is 19.3 Å². The number of Topliss-reactive ketones (excluding diaryl/α,β-unsaturated/α-hetero) is 2. The molecule has 0 amide bonds. The van der Waals surface area contributed by atoms with Crippen LogP contribution in [0.25, 0.3) is 0 Å². The summed E-state index contributed by atoms with van der Waals surface area (Å²) in [5.74, 6) is -0.0294. The third-order valence-electron chi connectivity index (χ3n) is 3.66. The molecule has 0 aliphatic rings. The van der Waals surface area contributed by atoms with Crippen LogP contribution in [0.3, 0.4) is 0 Å². The van der Waals surface area contributed by atoms with Gasteiger partial charge >= 0.3 is 0 Å². The average Bonchev–Trinajstić information content (AvgIpc) is 2.60. The molecule has 0 aromatic heterocycles. The molecule has 6 nitrogen and oxygen atoms in total. The van der Waals surface area contributed by atoms with Gasteiger partial charge in [-0.1, -0.05) is 0 Å². The lowest BCUT2D eigenvalue weighted by Crippen LogP contribution is -2.11. The van der Waals surface area contributed by atoms with Gasteiger partial charge in [0, 0.05) is 17.7 Å². The highest BCUT2D eigenvalue weighted by atomic mass is 16.5. The van der Waals surface area contributed by atoms with E-state index in [1.165, 1.54) is 26.4 Å². The van der Waals surface area contributed by atoms with Crippen LogP contribution >= 0.6 is 0 Å². The molecule has 0 fully saturated rings. The molecule has 2 aromatic rings. The maximum atomic E-state index is 12.5. The number of rotatable bonds is 8. The molecule has 0 heterocycles. The van der Waals surface area contributed by atoms with Crippen LogP contribution in [0, 0.1) is 0 Å². The number of hydrogen-bond acceptors (Lipinski definition) is 6. The van der Waals surface area contributed by atoms with E-state index < -0.39 is 5.78 Å². The first-order chi connectivity index (χ1) is 12.3. The number of hydrogen-bond donors (Lipinski definition) is 1. The monoisotopic (exact) mass is 358 g/mol. The van der Waals surface area contributed by atoms with Crippen molar-refractivity contribution >= 4 is 11.6 Å². The maximum absolute atomic E-state index is 12.5. The van der Waals surface area contributed by atoms with Crippen molar-refractivity contribution in [2.24, 2.45) is 0 Å². The summed E-state index contributed by atoms with van der Waals surface area (Å²) in [6, 6.07) is 9.37. The average molecular weight is 358 g/mol. The zero-order chi connectivity index (χ0) is 19.3. The van der Waals surface area contributed by atoms with Crippen LogP contribution < -0.4 is 14.2 Å². The van der Waals surface area contributed by atoms with Crippen LogP contribution in [0.15, 0.2) is 36.4 Å². The molecule has 0 unspecified atom stereocenters. The van der Waals surface area contributed by atoms with Crippen LogP contribution in [0.2, 0.25) is 0 Å². The Morgan fingerprint density at radius 3 is 2.15 bits per heavy atom. The molecule has 1 N–H and O–H groups in total. The second-order valence-corrected chi connectivity index (χ2v) is 5.94. The van der Waals surface area contributed by atoms with E-state index in [1.807, 2.05) is 13.8 Å². The van der Waals surface area contributed by atoms with Crippen LogP contribution in [-0.2, 0) is 0 Å². The molecule has 0 saturated heterocycles. The van der Waals surface area contributed by atoms with Gasteiger partial charge in [0.05, 0.1) is 26.7 Å². The molecule has 2 rings (SSSR count). The zero-order valence-electron chi connectivity index (χ0n) is 15.2. The van der Waals surface area contributed by atoms with E-state index in [2.05, 4.69) is 0 Å². The summed E-state index contributed by atoms with van der Waals surface area (Å²) in [6.45, 7) is 3.82. The van der Waals surface area contributed by atoms with Crippen molar-refractivity contribution in [1.29, 1.82) is 0 Å². The summed E-state index contributed by atoms with van der Waals surface area (Å²) in [7, 11) is 2.81. The van der Waals surface area contributed by atoms with Gasteiger partial charge in [-0.2, -0.15) is 0 Å².